The topological polar surface area (TPSA) is 78.8 Å². The van der Waals surface area contributed by atoms with Crippen molar-refractivity contribution in [2.24, 2.45) is 0 Å². The lowest BCUT2D eigenvalue weighted by Crippen LogP contribution is -2.35. The van der Waals surface area contributed by atoms with Crippen LogP contribution in [0.5, 0.6) is 0 Å². The molecule has 0 radical (unpaired) electrons. The van der Waals surface area contributed by atoms with E-state index in [1.54, 1.807) is 24.3 Å². The number of benzene rings is 1. The number of esters is 1. The normalized spacial score (nSPS) is 19.0. The first-order chi connectivity index (χ1) is 10.5. The Labute approximate surface area is 124 Å². The maximum Gasteiger partial charge on any atom is 0.338 e. The van der Waals surface area contributed by atoms with Crippen LogP contribution in [0.15, 0.2) is 30.3 Å². The summed E-state index contributed by atoms with van der Waals surface area (Å²) in [5.41, 5.74) is 0.393. The van der Waals surface area contributed by atoms with Gasteiger partial charge in [0.2, 0.25) is 0 Å². The molecule has 0 saturated carbocycles. The first-order valence-corrected chi connectivity index (χ1v) is 6.64. The summed E-state index contributed by atoms with van der Waals surface area (Å²) in [4.78, 5) is 12.1. The number of carbonyl (C=O) groups excluding carboxylic acids is 1. The molecule has 0 bridgehead atoms. The van der Waals surface area contributed by atoms with Crippen LogP contribution in [0.3, 0.4) is 0 Å². The first-order valence-electron chi connectivity index (χ1n) is 6.64. The Bertz CT molecular complexity index is 750. The molecule has 112 valence electrons. The summed E-state index contributed by atoms with van der Waals surface area (Å²) in [7, 11) is 0. The second-order valence-electron chi connectivity index (χ2n) is 4.99. The van der Waals surface area contributed by atoms with Crippen molar-refractivity contribution in [3.8, 4) is 6.07 Å². The molecule has 1 aromatic heterocycles. The van der Waals surface area contributed by atoms with Gasteiger partial charge in [0.15, 0.2) is 11.8 Å². The molecule has 0 spiro atoms. The maximum absolute atomic E-state index is 14.2. The minimum atomic E-state index is -3.24. The van der Waals surface area contributed by atoms with Crippen molar-refractivity contribution in [2.45, 2.75) is 24.9 Å². The second-order valence-corrected chi connectivity index (χ2v) is 4.99. The number of rotatable bonds is 2. The number of ether oxygens (including phenoxy) is 1. The van der Waals surface area contributed by atoms with Gasteiger partial charge in [-0.1, -0.05) is 18.2 Å². The van der Waals surface area contributed by atoms with Crippen LogP contribution < -0.4 is 0 Å². The number of aromatic amines is 1. The molecular weight excluding hydrogens is 292 g/mol. The van der Waals surface area contributed by atoms with E-state index in [1.807, 2.05) is 0 Å². The summed E-state index contributed by atoms with van der Waals surface area (Å²) in [6.45, 7) is 0. The number of carbonyl (C=O) groups is 1. The number of fused-ring (bicyclic) bond motifs is 1. The molecule has 1 N–H and O–H groups in total. The monoisotopic (exact) mass is 303 g/mol. The van der Waals surface area contributed by atoms with E-state index in [1.165, 1.54) is 12.1 Å². The Balaban J connectivity index is 1.97. The van der Waals surface area contributed by atoms with E-state index < -0.39 is 24.4 Å². The number of aromatic nitrogens is 2. The summed E-state index contributed by atoms with van der Waals surface area (Å²) in [6, 6.07) is 9.63. The van der Waals surface area contributed by atoms with Gasteiger partial charge < -0.3 is 4.74 Å². The molecule has 22 heavy (non-hydrogen) atoms. The highest BCUT2D eigenvalue weighted by molar-refractivity contribution is 5.89. The Kier molecular flexibility index (Phi) is 3.37. The molecule has 0 saturated heterocycles. The highest BCUT2D eigenvalue weighted by Gasteiger charge is 2.49. The lowest BCUT2D eigenvalue weighted by atomic mass is 9.89. The Morgan fingerprint density at radius 2 is 2.14 bits per heavy atom. The van der Waals surface area contributed by atoms with Crippen LogP contribution in [0.1, 0.15) is 39.8 Å². The summed E-state index contributed by atoms with van der Waals surface area (Å²) >= 11 is 0. The molecule has 0 unspecified atom stereocenters. The molecule has 7 heteroatoms. The van der Waals surface area contributed by atoms with Crippen molar-refractivity contribution in [1.82, 2.24) is 10.2 Å². The fraction of sp³-hybridized carbons (Fsp3) is 0.267. The molecular formula is C15H11F2N3O2. The average molecular weight is 303 g/mol. The van der Waals surface area contributed by atoms with E-state index in [-0.39, 0.29) is 23.2 Å². The lowest BCUT2D eigenvalue weighted by Gasteiger charge is -2.30. The predicted molar refractivity (Wildman–Crippen MR) is 71.2 cm³/mol. The molecule has 1 heterocycles. The molecule has 1 atom stereocenters. The molecule has 1 aromatic carbocycles. The van der Waals surface area contributed by atoms with Crippen molar-refractivity contribution < 1.29 is 18.3 Å². The largest absolute Gasteiger partial charge is 0.447 e. The number of H-pyrrole nitrogens is 1. The van der Waals surface area contributed by atoms with Gasteiger partial charge in [0.25, 0.3) is 5.92 Å². The van der Waals surface area contributed by atoms with Crippen molar-refractivity contribution in [3.63, 3.8) is 0 Å². The molecule has 0 amide bonds. The average Bonchev–Trinajstić information content (AvgIpc) is 2.94. The third kappa shape index (κ3) is 2.33. The number of hydrogen-bond acceptors (Lipinski definition) is 4. The first kappa shape index (κ1) is 14.2. The van der Waals surface area contributed by atoms with Crippen molar-refractivity contribution >= 4 is 5.97 Å². The lowest BCUT2D eigenvalue weighted by molar-refractivity contribution is -0.127. The van der Waals surface area contributed by atoms with Crippen molar-refractivity contribution in [2.75, 3.05) is 0 Å². The highest BCUT2D eigenvalue weighted by Crippen LogP contribution is 2.44. The summed E-state index contributed by atoms with van der Waals surface area (Å²) < 4.78 is 33.4. The van der Waals surface area contributed by atoms with E-state index in [0.717, 1.165) is 0 Å². The minimum absolute atomic E-state index is 0.0250. The van der Waals surface area contributed by atoms with Crippen LogP contribution in [0, 0.1) is 11.3 Å². The number of nitrogens with zero attached hydrogens (tertiary/aromatic N) is 2. The zero-order valence-electron chi connectivity index (χ0n) is 11.3. The van der Waals surface area contributed by atoms with Crippen LogP contribution >= 0.6 is 0 Å². The molecule has 0 fully saturated rings. The molecule has 2 aromatic rings. The van der Waals surface area contributed by atoms with Gasteiger partial charge in [0.05, 0.1) is 11.1 Å². The Morgan fingerprint density at radius 1 is 1.41 bits per heavy atom. The molecule has 3 rings (SSSR count). The van der Waals surface area contributed by atoms with Crippen molar-refractivity contribution in [1.29, 1.82) is 5.26 Å². The molecule has 5 nitrogen and oxygen atoms in total. The SMILES string of the molecule is N#Cc1n[nH]c2c1[C@H](OC(=O)c1ccccc1)C(F)(F)CC2. The number of halogens is 2. The van der Waals surface area contributed by atoms with E-state index in [9.17, 15) is 13.6 Å². The van der Waals surface area contributed by atoms with Gasteiger partial charge in [-0.2, -0.15) is 10.4 Å². The van der Waals surface area contributed by atoms with Crippen LogP contribution in [-0.4, -0.2) is 22.1 Å². The van der Waals surface area contributed by atoms with Crippen LogP contribution in [0.2, 0.25) is 0 Å². The fourth-order valence-electron chi connectivity index (χ4n) is 2.47. The third-order valence-electron chi connectivity index (χ3n) is 3.58. The predicted octanol–water partition coefficient (Wildman–Crippen LogP) is 2.76. The van der Waals surface area contributed by atoms with Gasteiger partial charge in [0, 0.05) is 12.1 Å². The zero-order valence-corrected chi connectivity index (χ0v) is 11.3. The fourth-order valence-corrected chi connectivity index (χ4v) is 2.47. The number of aryl methyl sites for hydroxylation is 1. The number of nitriles is 1. The van der Waals surface area contributed by atoms with E-state index in [2.05, 4.69) is 10.2 Å². The molecule has 1 aliphatic rings. The highest BCUT2D eigenvalue weighted by atomic mass is 19.3. The van der Waals surface area contributed by atoms with Gasteiger partial charge >= 0.3 is 5.97 Å². The third-order valence-corrected chi connectivity index (χ3v) is 3.58. The maximum atomic E-state index is 14.2. The Hall–Kier alpha value is -2.75. The van der Waals surface area contributed by atoms with Gasteiger partial charge in [-0.05, 0) is 18.6 Å². The van der Waals surface area contributed by atoms with Crippen molar-refractivity contribution in [3.05, 3.63) is 52.8 Å². The van der Waals surface area contributed by atoms with E-state index in [4.69, 9.17) is 10.00 Å². The van der Waals surface area contributed by atoms with Gasteiger partial charge in [-0.25, -0.2) is 13.6 Å². The number of alkyl halides is 2. The van der Waals surface area contributed by atoms with Crippen LogP contribution in [0.25, 0.3) is 0 Å². The smallest absolute Gasteiger partial charge is 0.338 e. The standard InChI is InChI=1S/C15H11F2N3O2/c16-15(17)7-6-10-12(11(8-18)20-19-10)13(15)22-14(21)9-4-2-1-3-5-9/h1-5,13H,6-7H2,(H,19,20)/t13-/m0/s1. The summed E-state index contributed by atoms with van der Waals surface area (Å²) in [6.07, 6.45) is -2.23. The van der Waals surface area contributed by atoms with Crippen LogP contribution in [-0.2, 0) is 11.2 Å². The number of nitrogens with one attached hydrogen (secondary N) is 1. The van der Waals surface area contributed by atoms with Gasteiger partial charge in [-0.15, -0.1) is 0 Å². The van der Waals surface area contributed by atoms with Crippen LogP contribution in [0.4, 0.5) is 8.78 Å². The molecule has 0 aliphatic heterocycles. The van der Waals surface area contributed by atoms with E-state index in [0.29, 0.717) is 5.69 Å². The summed E-state index contributed by atoms with van der Waals surface area (Å²) in [5.74, 6) is -4.10. The summed E-state index contributed by atoms with van der Waals surface area (Å²) in [5, 5.41) is 15.3. The van der Waals surface area contributed by atoms with Gasteiger partial charge in [0.1, 0.15) is 6.07 Å². The molecule has 1 aliphatic carbocycles. The van der Waals surface area contributed by atoms with Gasteiger partial charge in [-0.3, -0.25) is 5.10 Å². The van der Waals surface area contributed by atoms with E-state index >= 15 is 0 Å². The second kappa shape index (κ2) is 5.22. The number of hydrogen-bond donors (Lipinski definition) is 1. The quantitative estimate of drug-likeness (QED) is 0.865. The Morgan fingerprint density at radius 3 is 2.82 bits per heavy atom. The minimum Gasteiger partial charge on any atom is -0.447 e. The zero-order chi connectivity index (χ0) is 15.7.